The van der Waals surface area contributed by atoms with E-state index < -0.39 is 17.3 Å². The van der Waals surface area contributed by atoms with Crippen molar-refractivity contribution in [1.82, 2.24) is 0 Å². The molecule has 0 fully saturated rings. The molecule has 1 N–H and O–H groups in total. The van der Waals surface area contributed by atoms with Crippen LogP contribution >= 0.6 is 15.9 Å². The van der Waals surface area contributed by atoms with Gasteiger partial charge in [0.15, 0.2) is 0 Å². The Kier molecular flexibility index (Phi) is 4.45. The van der Waals surface area contributed by atoms with Crippen molar-refractivity contribution in [3.63, 3.8) is 0 Å². The molecule has 0 unspecified atom stereocenters. The summed E-state index contributed by atoms with van der Waals surface area (Å²) in [4.78, 5) is 21.0. The van der Waals surface area contributed by atoms with Gasteiger partial charge in [-0.3, -0.25) is 14.9 Å². The second kappa shape index (κ2) is 5.62. The van der Waals surface area contributed by atoms with Crippen molar-refractivity contribution in [3.05, 3.63) is 33.4 Å². The summed E-state index contributed by atoms with van der Waals surface area (Å²) in [5, 5.41) is 20.0. The van der Waals surface area contributed by atoms with Gasteiger partial charge in [0.2, 0.25) is 0 Å². The fourth-order valence-electron chi connectivity index (χ4n) is 1.44. The minimum atomic E-state index is -1.14. The van der Waals surface area contributed by atoms with E-state index >= 15 is 0 Å². The normalized spacial score (nSPS) is 10.0. The number of carbonyl (C=O) groups is 1. The lowest BCUT2D eigenvalue weighted by atomic mass is 10.1. The zero-order valence-corrected chi connectivity index (χ0v) is 10.6. The van der Waals surface area contributed by atoms with Crippen LogP contribution in [0.1, 0.15) is 11.1 Å². The molecule has 1 aromatic carbocycles. The van der Waals surface area contributed by atoms with Gasteiger partial charge in [-0.2, -0.15) is 0 Å². The first-order chi connectivity index (χ1) is 7.99. The second-order valence-electron chi connectivity index (χ2n) is 3.26. The summed E-state index contributed by atoms with van der Waals surface area (Å²) in [6.07, 6.45) is -0.442. The topological polar surface area (TPSA) is 89.7 Å². The highest BCUT2D eigenvalue weighted by Crippen LogP contribution is 2.31. The van der Waals surface area contributed by atoms with Crippen LogP contribution in [0.5, 0.6) is 5.75 Å². The largest absolute Gasteiger partial charge is 0.496 e. The first-order valence-corrected chi connectivity index (χ1v) is 5.73. The first kappa shape index (κ1) is 13.4. The number of hydrogen-bond acceptors (Lipinski definition) is 4. The number of alkyl halides is 1. The maximum absolute atomic E-state index is 10.9. The molecule has 0 spiro atoms. The number of benzene rings is 1. The monoisotopic (exact) mass is 303 g/mol. The number of rotatable bonds is 5. The molecule has 0 saturated carbocycles. The van der Waals surface area contributed by atoms with Crippen molar-refractivity contribution in [2.45, 2.75) is 11.8 Å². The molecule has 0 heterocycles. The number of nitrogens with zero attached hydrogens (tertiary/aromatic N) is 1. The summed E-state index contributed by atoms with van der Waals surface area (Å²) in [5.74, 6) is -0.922. The number of halogens is 1. The highest BCUT2D eigenvalue weighted by atomic mass is 79.9. The Morgan fingerprint density at radius 2 is 2.24 bits per heavy atom. The molecular formula is C10H10BrNO5. The van der Waals surface area contributed by atoms with Crippen molar-refractivity contribution < 1.29 is 19.6 Å². The molecule has 0 aliphatic carbocycles. The van der Waals surface area contributed by atoms with Crippen LogP contribution in [0.4, 0.5) is 5.69 Å². The van der Waals surface area contributed by atoms with E-state index in [0.717, 1.165) is 0 Å². The van der Waals surface area contributed by atoms with Gasteiger partial charge in [-0.1, -0.05) is 15.9 Å². The molecule has 1 aromatic rings. The van der Waals surface area contributed by atoms with Gasteiger partial charge >= 0.3 is 5.97 Å². The fourth-order valence-corrected chi connectivity index (χ4v) is 1.76. The van der Waals surface area contributed by atoms with Crippen LogP contribution < -0.4 is 4.74 Å². The molecule has 0 aromatic heterocycles. The molecule has 1 rings (SSSR count). The molecule has 0 amide bonds. The summed E-state index contributed by atoms with van der Waals surface area (Å²) >= 11 is 3.19. The number of nitro benzene ring substituents is 1. The Morgan fingerprint density at radius 1 is 1.59 bits per heavy atom. The number of nitro groups is 1. The standard InChI is InChI=1S/C10H10BrNO5/c1-17-9-3-6(5-11)2-8(12(15)16)7(9)4-10(13)14/h2-3H,4-5H2,1H3,(H,13,14). The molecule has 0 atom stereocenters. The molecule has 92 valence electrons. The number of carboxylic acids is 1. The predicted octanol–water partition coefficient (Wildman–Crippen LogP) is 2.13. The van der Waals surface area contributed by atoms with Crippen molar-refractivity contribution in [2.75, 3.05) is 7.11 Å². The van der Waals surface area contributed by atoms with E-state index in [4.69, 9.17) is 9.84 Å². The van der Waals surface area contributed by atoms with Crippen molar-refractivity contribution >= 4 is 27.6 Å². The van der Waals surface area contributed by atoms with Crippen molar-refractivity contribution in [3.8, 4) is 5.75 Å². The van der Waals surface area contributed by atoms with E-state index in [1.807, 2.05) is 0 Å². The quantitative estimate of drug-likeness (QED) is 0.511. The van der Waals surface area contributed by atoms with E-state index in [9.17, 15) is 14.9 Å². The van der Waals surface area contributed by atoms with Crippen LogP contribution in [-0.2, 0) is 16.5 Å². The second-order valence-corrected chi connectivity index (χ2v) is 3.82. The molecule has 0 aliphatic heterocycles. The first-order valence-electron chi connectivity index (χ1n) is 4.61. The summed E-state index contributed by atoms with van der Waals surface area (Å²) < 4.78 is 4.99. The number of methoxy groups -OCH3 is 1. The van der Waals surface area contributed by atoms with E-state index in [1.165, 1.54) is 13.2 Å². The van der Waals surface area contributed by atoms with Gasteiger partial charge in [-0.05, 0) is 11.6 Å². The lowest BCUT2D eigenvalue weighted by Gasteiger charge is -2.09. The third kappa shape index (κ3) is 3.16. The van der Waals surface area contributed by atoms with E-state index in [-0.39, 0.29) is 17.0 Å². The average molecular weight is 304 g/mol. The highest BCUT2D eigenvalue weighted by molar-refractivity contribution is 9.08. The molecule has 6 nitrogen and oxygen atoms in total. The average Bonchev–Trinajstić information content (AvgIpc) is 2.28. The summed E-state index contributed by atoms with van der Waals surface area (Å²) in [7, 11) is 1.35. The minimum Gasteiger partial charge on any atom is -0.496 e. The van der Waals surface area contributed by atoms with Gasteiger partial charge in [0.05, 0.1) is 24.0 Å². The Bertz CT molecular complexity index is 460. The highest BCUT2D eigenvalue weighted by Gasteiger charge is 2.22. The van der Waals surface area contributed by atoms with Crippen molar-refractivity contribution in [2.24, 2.45) is 0 Å². The summed E-state index contributed by atoms with van der Waals surface area (Å²) in [5.41, 5.74) is 0.499. The van der Waals surface area contributed by atoms with Gasteiger partial charge in [0, 0.05) is 11.4 Å². The zero-order chi connectivity index (χ0) is 13.0. The number of ether oxygens (including phenoxy) is 1. The van der Waals surface area contributed by atoms with Crippen LogP contribution in [0.15, 0.2) is 12.1 Å². The van der Waals surface area contributed by atoms with Crippen LogP contribution in [-0.4, -0.2) is 23.1 Å². The Labute approximate surface area is 105 Å². The maximum atomic E-state index is 10.9. The molecule has 7 heteroatoms. The number of hydrogen-bond donors (Lipinski definition) is 1. The third-order valence-corrected chi connectivity index (χ3v) is 2.79. The van der Waals surface area contributed by atoms with E-state index in [1.54, 1.807) is 6.07 Å². The van der Waals surface area contributed by atoms with E-state index in [2.05, 4.69) is 15.9 Å². The predicted molar refractivity (Wildman–Crippen MR) is 63.6 cm³/mol. The molecule has 17 heavy (non-hydrogen) atoms. The fraction of sp³-hybridized carbons (Fsp3) is 0.300. The van der Waals surface area contributed by atoms with Gasteiger partial charge in [-0.15, -0.1) is 0 Å². The maximum Gasteiger partial charge on any atom is 0.308 e. The Morgan fingerprint density at radius 3 is 2.65 bits per heavy atom. The lowest BCUT2D eigenvalue weighted by Crippen LogP contribution is -2.06. The Balaban J connectivity index is 3.40. The van der Waals surface area contributed by atoms with Crippen LogP contribution in [0.2, 0.25) is 0 Å². The van der Waals surface area contributed by atoms with Crippen LogP contribution in [0.25, 0.3) is 0 Å². The third-order valence-electron chi connectivity index (χ3n) is 2.14. The van der Waals surface area contributed by atoms with Gasteiger partial charge in [0.25, 0.3) is 5.69 Å². The zero-order valence-electron chi connectivity index (χ0n) is 8.97. The SMILES string of the molecule is COc1cc(CBr)cc([N+](=O)[O-])c1CC(=O)O. The van der Waals surface area contributed by atoms with Crippen LogP contribution in [0.3, 0.4) is 0 Å². The van der Waals surface area contributed by atoms with E-state index in [0.29, 0.717) is 10.9 Å². The Hall–Kier alpha value is -1.63. The van der Waals surface area contributed by atoms with Crippen molar-refractivity contribution in [1.29, 1.82) is 0 Å². The van der Waals surface area contributed by atoms with Gasteiger partial charge in [0.1, 0.15) is 5.75 Å². The minimum absolute atomic E-state index is 0.0784. The number of aliphatic carboxylic acids is 1. The lowest BCUT2D eigenvalue weighted by molar-refractivity contribution is -0.385. The molecule has 0 bridgehead atoms. The molecular weight excluding hydrogens is 294 g/mol. The summed E-state index contributed by atoms with van der Waals surface area (Å²) in [6, 6.07) is 2.93. The van der Waals surface area contributed by atoms with Crippen LogP contribution in [0, 0.1) is 10.1 Å². The number of carboxylic acid groups (broad SMARTS) is 1. The summed E-state index contributed by atoms with van der Waals surface area (Å²) in [6.45, 7) is 0. The molecule has 0 radical (unpaired) electrons. The van der Waals surface area contributed by atoms with Gasteiger partial charge < -0.3 is 9.84 Å². The molecule has 0 aliphatic rings. The molecule has 0 saturated heterocycles. The van der Waals surface area contributed by atoms with Gasteiger partial charge in [-0.25, -0.2) is 0 Å². The smallest absolute Gasteiger partial charge is 0.308 e.